The van der Waals surface area contributed by atoms with Crippen molar-refractivity contribution in [1.29, 1.82) is 0 Å². The molecule has 0 bridgehead atoms. The summed E-state index contributed by atoms with van der Waals surface area (Å²) >= 11 is 5.12. The molecule has 1 rings (SSSR count). The molecule has 1 aromatic heterocycles. The SMILES string of the molecule is COc1cc(C(=O)NCl)ccn1. The molecule has 0 unspecified atom stereocenters. The van der Waals surface area contributed by atoms with E-state index in [4.69, 9.17) is 16.5 Å². The highest BCUT2D eigenvalue weighted by Crippen LogP contribution is 2.08. The number of carbonyl (C=O) groups excluding carboxylic acids is 1. The Balaban J connectivity index is 2.93. The molecular formula is C7H7ClN2O2. The Morgan fingerprint density at radius 2 is 2.50 bits per heavy atom. The van der Waals surface area contributed by atoms with Crippen LogP contribution in [0.4, 0.5) is 0 Å². The average molecular weight is 187 g/mol. The van der Waals surface area contributed by atoms with E-state index in [9.17, 15) is 4.79 Å². The standard InChI is InChI=1S/C7H7ClN2O2/c1-12-6-4-5(2-3-9-6)7(11)10-8/h2-4H,1H3,(H,10,11). The lowest BCUT2D eigenvalue weighted by atomic mass is 10.2. The Hall–Kier alpha value is -1.29. The molecule has 0 aliphatic rings. The molecule has 64 valence electrons. The molecule has 0 aliphatic carbocycles. The van der Waals surface area contributed by atoms with Crippen molar-refractivity contribution in [2.24, 2.45) is 0 Å². The van der Waals surface area contributed by atoms with E-state index >= 15 is 0 Å². The number of nitrogens with zero attached hydrogens (tertiary/aromatic N) is 1. The van der Waals surface area contributed by atoms with E-state index in [0.29, 0.717) is 11.4 Å². The van der Waals surface area contributed by atoms with Gasteiger partial charge in [0.15, 0.2) is 0 Å². The predicted octanol–water partition coefficient (Wildman–Crippen LogP) is 0.974. The number of hydrogen-bond acceptors (Lipinski definition) is 3. The van der Waals surface area contributed by atoms with Gasteiger partial charge in [0.25, 0.3) is 5.91 Å². The van der Waals surface area contributed by atoms with E-state index in [1.165, 1.54) is 19.4 Å². The largest absolute Gasteiger partial charge is 0.481 e. The second kappa shape index (κ2) is 3.92. The summed E-state index contributed by atoms with van der Waals surface area (Å²) in [7, 11) is 1.48. The van der Waals surface area contributed by atoms with Crippen LogP contribution in [0.25, 0.3) is 0 Å². The minimum absolute atomic E-state index is 0.377. The third-order valence-corrected chi connectivity index (χ3v) is 1.46. The van der Waals surface area contributed by atoms with Crippen molar-refractivity contribution in [2.75, 3.05) is 7.11 Å². The highest BCUT2D eigenvalue weighted by molar-refractivity contribution is 6.24. The smallest absolute Gasteiger partial charge is 0.265 e. The molecule has 12 heavy (non-hydrogen) atoms. The maximum atomic E-state index is 11.0. The number of aromatic nitrogens is 1. The van der Waals surface area contributed by atoms with Crippen molar-refractivity contribution < 1.29 is 9.53 Å². The van der Waals surface area contributed by atoms with Gasteiger partial charge in [-0.1, -0.05) is 0 Å². The van der Waals surface area contributed by atoms with Gasteiger partial charge in [-0.3, -0.25) is 9.63 Å². The normalized spacial score (nSPS) is 9.17. The van der Waals surface area contributed by atoms with Gasteiger partial charge in [0, 0.05) is 29.6 Å². The molecule has 0 saturated heterocycles. The van der Waals surface area contributed by atoms with Crippen LogP contribution >= 0.6 is 11.8 Å². The third kappa shape index (κ3) is 1.85. The van der Waals surface area contributed by atoms with Gasteiger partial charge in [0.05, 0.1) is 7.11 Å². The molecule has 0 aliphatic heterocycles. The minimum Gasteiger partial charge on any atom is -0.481 e. The molecule has 1 heterocycles. The van der Waals surface area contributed by atoms with Crippen LogP contribution in [0.5, 0.6) is 5.88 Å². The Morgan fingerprint density at radius 3 is 3.08 bits per heavy atom. The first kappa shape index (κ1) is 8.80. The number of amides is 1. The van der Waals surface area contributed by atoms with Crippen LogP contribution in [0.1, 0.15) is 10.4 Å². The van der Waals surface area contributed by atoms with E-state index in [2.05, 4.69) is 4.98 Å². The summed E-state index contributed by atoms with van der Waals surface area (Å²) in [6.45, 7) is 0. The number of ether oxygens (including phenoxy) is 1. The highest BCUT2D eigenvalue weighted by atomic mass is 35.5. The van der Waals surface area contributed by atoms with Crippen LogP contribution in [0.3, 0.4) is 0 Å². The first-order chi connectivity index (χ1) is 5.77. The van der Waals surface area contributed by atoms with E-state index in [0.717, 1.165) is 0 Å². The number of rotatable bonds is 2. The fourth-order valence-corrected chi connectivity index (χ4v) is 0.826. The second-order valence-corrected chi connectivity index (χ2v) is 2.20. The molecule has 0 spiro atoms. The topological polar surface area (TPSA) is 51.2 Å². The molecular weight excluding hydrogens is 180 g/mol. The summed E-state index contributed by atoms with van der Waals surface area (Å²) in [5.41, 5.74) is 0.414. The van der Waals surface area contributed by atoms with E-state index in [-0.39, 0.29) is 5.91 Å². The molecule has 0 aromatic carbocycles. The summed E-state index contributed by atoms with van der Waals surface area (Å²) in [5.74, 6) is 0.00475. The fraction of sp³-hybridized carbons (Fsp3) is 0.143. The lowest BCUT2D eigenvalue weighted by Gasteiger charge is -2.00. The summed E-state index contributed by atoms with van der Waals surface area (Å²) in [6.07, 6.45) is 1.47. The molecule has 4 nitrogen and oxygen atoms in total. The molecule has 0 atom stereocenters. The number of pyridine rings is 1. The van der Waals surface area contributed by atoms with Crippen molar-refractivity contribution in [3.05, 3.63) is 23.9 Å². The first-order valence-electron chi connectivity index (χ1n) is 3.19. The van der Waals surface area contributed by atoms with Gasteiger partial charge < -0.3 is 4.74 Å². The highest BCUT2D eigenvalue weighted by Gasteiger charge is 2.04. The zero-order valence-electron chi connectivity index (χ0n) is 6.37. The molecule has 5 heteroatoms. The van der Waals surface area contributed by atoms with Crippen molar-refractivity contribution in [3.8, 4) is 5.88 Å². The van der Waals surface area contributed by atoms with Crippen LogP contribution in [0.15, 0.2) is 18.3 Å². The Bertz CT molecular complexity index is 290. The summed E-state index contributed by atoms with van der Waals surface area (Å²) in [4.78, 5) is 16.8. The van der Waals surface area contributed by atoms with E-state index in [1.807, 2.05) is 4.84 Å². The van der Waals surface area contributed by atoms with Crippen LogP contribution in [0.2, 0.25) is 0 Å². The van der Waals surface area contributed by atoms with Gasteiger partial charge in [-0.25, -0.2) is 4.98 Å². The predicted molar refractivity (Wildman–Crippen MR) is 44.1 cm³/mol. The lowest BCUT2D eigenvalue weighted by molar-refractivity contribution is 0.0981. The van der Waals surface area contributed by atoms with Crippen molar-refractivity contribution in [2.45, 2.75) is 0 Å². The molecule has 1 aromatic rings. The molecule has 0 fully saturated rings. The maximum absolute atomic E-state index is 11.0. The first-order valence-corrected chi connectivity index (χ1v) is 3.56. The monoisotopic (exact) mass is 186 g/mol. The van der Waals surface area contributed by atoms with Crippen molar-refractivity contribution >= 4 is 17.7 Å². The Labute approximate surface area is 74.6 Å². The zero-order chi connectivity index (χ0) is 8.97. The van der Waals surface area contributed by atoms with Crippen molar-refractivity contribution in [3.63, 3.8) is 0 Å². The summed E-state index contributed by atoms with van der Waals surface area (Å²) < 4.78 is 4.82. The van der Waals surface area contributed by atoms with Crippen LogP contribution in [-0.4, -0.2) is 18.0 Å². The number of nitrogens with one attached hydrogen (secondary N) is 1. The van der Waals surface area contributed by atoms with Gasteiger partial charge in [-0.05, 0) is 6.07 Å². The maximum Gasteiger partial charge on any atom is 0.265 e. The quantitative estimate of drug-likeness (QED) is 0.701. The van der Waals surface area contributed by atoms with E-state index < -0.39 is 0 Å². The fourth-order valence-electron chi connectivity index (χ4n) is 0.717. The van der Waals surface area contributed by atoms with Gasteiger partial charge in [0.2, 0.25) is 5.88 Å². The lowest BCUT2D eigenvalue weighted by Crippen LogP contribution is -2.12. The molecule has 1 amide bonds. The second-order valence-electron chi connectivity index (χ2n) is 2.01. The van der Waals surface area contributed by atoms with Gasteiger partial charge in [0.1, 0.15) is 0 Å². The number of hydrogen-bond donors (Lipinski definition) is 1. The Morgan fingerprint density at radius 1 is 1.75 bits per heavy atom. The van der Waals surface area contributed by atoms with Gasteiger partial charge in [-0.15, -0.1) is 0 Å². The third-order valence-electron chi connectivity index (χ3n) is 1.29. The van der Waals surface area contributed by atoms with Gasteiger partial charge in [-0.2, -0.15) is 0 Å². The van der Waals surface area contributed by atoms with Crippen LogP contribution in [-0.2, 0) is 0 Å². The Kier molecular flexibility index (Phi) is 2.88. The van der Waals surface area contributed by atoms with Crippen molar-refractivity contribution in [1.82, 2.24) is 9.82 Å². The van der Waals surface area contributed by atoms with Crippen LogP contribution < -0.4 is 9.57 Å². The zero-order valence-corrected chi connectivity index (χ0v) is 7.13. The molecule has 0 saturated carbocycles. The molecule has 0 radical (unpaired) electrons. The number of methoxy groups -OCH3 is 1. The number of halogens is 1. The van der Waals surface area contributed by atoms with E-state index in [1.54, 1.807) is 6.07 Å². The molecule has 1 N–H and O–H groups in total. The summed E-state index contributed by atoms with van der Waals surface area (Å²) in [6, 6.07) is 3.04. The number of carbonyl (C=O) groups is 1. The summed E-state index contributed by atoms with van der Waals surface area (Å²) in [5, 5.41) is 0. The minimum atomic E-state index is -0.377. The average Bonchev–Trinajstić information content (AvgIpc) is 2.17. The van der Waals surface area contributed by atoms with Crippen LogP contribution in [0, 0.1) is 0 Å². The van der Waals surface area contributed by atoms with Gasteiger partial charge >= 0.3 is 0 Å².